The molecule has 7 heteroatoms. The first-order valence-electron chi connectivity index (χ1n) is 8.96. The Morgan fingerprint density at radius 3 is 2.46 bits per heavy atom. The Labute approximate surface area is 160 Å². The van der Waals surface area contributed by atoms with Crippen molar-refractivity contribution < 1.29 is 4.42 Å². The van der Waals surface area contributed by atoms with E-state index in [9.17, 15) is 9.59 Å². The van der Waals surface area contributed by atoms with E-state index in [1.807, 2.05) is 50.2 Å². The van der Waals surface area contributed by atoms with Crippen molar-refractivity contribution in [2.75, 3.05) is 0 Å². The molecule has 142 valence electrons. The average Bonchev–Trinajstić information content (AvgIpc) is 3.04. The van der Waals surface area contributed by atoms with Gasteiger partial charge in [0.1, 0.15) is 17.1 Å². The normalized spacial score (nSPS) is 11.3. The monoisotopic (exact) mass is 376 g/mol. The molecule has 0 saturated heterocycles. The number of aryl methyl sites for hydroxylation is 4. The molecule has 1 aromatic carbocycles. The van der Waals surface area contributed by atoms with Gasteiger partial charge in [-0.3, -0.25) is 13.9 Å². The molecule has 0 aliphatic carbocycles. The third-order valence-electron chi connectivity index (χ3n) is 4.84. The highest BCUT2D eigenvalue weighted by Gasteiger charge is 2.18. The molecular weight excluding hydrogens is 356 g/mol. The van der Waals surface area contributed by atoms with Crippen LogP contribution in [0.2, 0.25) is 0 Å². The molecule has 0 spiro atoms. The molecule has 4 aromatic rings. The summed E-state index contributed by atoms with van der Waals surface area (Å²) < 4.78 is 8.36. The van der Waals surface area contributed by atoms with E-state index in [2.05, 4.69) is 9.97 Å². The number of aromatic nitrogens is 4. The Morgan fingerprint density at radius 2 is 1.75 bits per heavy atom. The highest BCUT2D eigenvalue weighted by Crippen LogP contribution is 2.21. The molecule has 28 heavy (non-hydrogen) atoms. The second-order valence-corrected chi connectivity index (χ2v) is 6.90. The van der Waals surface area contributed by atoms with Crippen LogP contribution in [0.15, 0.2) is 50.4 Å². The maximum Gasteiger partial charge on any atom is 0.332 e. The van der Waals surface area contributed by atoms with Crippen molar-refractivity contribution in [3.8, 4) is 11.5 Å². The van der Waals surface area contributed by atoms with Crippen LogP contribution in [0.25, 0.3) is 22.5 Å². The standard InChI is InChI=1S/C21H20N4O3/c1-12-10-13(2)22-18-17(12)20(26)25(21(27)24(18)4)11-16-14(3)28-19(23-16)15-8-6-5-7-9-15/h5-10H,11H2,1-4H3. The maximum absolute atomic E-state index is 13.1. The van der Waals surface area contributed by atoms with E-state index in [4.69, 9.17) is 4.42 Å². The molecule has 0 fully saturated rings. The topological polar surface area (TPSA) is 82.9 Å². The van der Waals surface area contributed by atoms with Crippen molar-refractivity contribution >= 4 is 11.0 Å². The van der Waals surface area contributed by atoms with Crippen LogP contribution in [0.4, 0.5) is 0 Å². The number of hydrogen-bond donors (Lipinski definition) is 0. The summed E-state index contributed by atoms with van der Waals surface area (Å²) in [4.78, 5) is 34.8. The van der Waals surface area contributed by atoms with Crippen LogP contribution in [-0.2, 0) is 13.6 Å². The zero-order valence-electron chi connectivity index (χ0n) is 16.2. The first kappa shape index (κ1) is 17.9. The van der Waals surface area contributed by atoms with Gasteiger partial charge in [-0.25, -0.2) is 14.8 Å². The number of oxazole rings is 1. The summed E-state index contributed by atoms with van der Waals surface area (Å²) in [6.07, 6.45) is 0. The van der Waals surface area contributed by atoms with E-state index in [1.165, 1.54) is 9.13 Å². The Hall–Kier alpha value is -3.48. The fourth-order valence-electron chi connectivity index (χ4n) is 3.39. The predicted molar refractivity (Wildman–Crippen MR) is 106 cm³/mol. The molecule has 7 nitrogen and oxygen atoms in total. The minimum Gasteiger partial charge on any atom is -0.441 e. The Morgan fingerprint density at radius 1 is 1.04 bits per heavy atom. The second kappa shape index (κ2) is 6.60. The lowest BCUT2D eigenvalue weighted by Gasteiger charge is -2.11. The van der Waals surface area contributed by atoms with Gasteiger partial charge in [0.2, 0.25) is 5.89 Å². The van der Waals surface area contributed by atoms with Crippen molar-refractivity contribution in [1.82, 2.24) is 19.1 Å². The minimum atomic E-state index is -0.432. The first-order valence-corrected chi connectivity index (χ1v) is 8.96. The number of pyridine rings is 1. The van der Waals surface area contributed by atoms with E-state index >= 15 is 0 Å². The summed E-state index contributed by atoms with van der Waals surface area (Å²) in [7, 11) is 1.62. The van der Waals surface area contributed by atoms with E-state index in [0.717, 1.165) is 16.8 Å². The fraction of sp³-hybridized carbons (Fsp3) is 0.238. The number of hydrogen-bond acceptors (Lipinski definition) is 5. The highest BCUT2D eigenvalue weighted by atomic mass is 16.4. The lowest BCUT2D eigenvalue weighted by molar-refractivity contribution is 0.536. The van der Waals surface area contributed by atoms with Crippen LogP contribution in [0.1, 0.15) is 22.7 Å². The van der Waals surface area contributed by atoms with Gasteiger partial charge in [-0.15, -0.1) is 0 Å². The molecule has 3 heterocycles. The molecule has 0 aliphatic rings. The van der Waals surface area contributed by atoms with E-state index in [-0.39, 0.29) is 12.1 Å². The van der Waals surface area contributed by atoms with Crippen molar-refractivity contribution in [3.63, 3.8) is 0 Å². The molecule has 0 unspecified atom stereocenters. The van der Waals surface area contributed by atoms with Crippen LogP contribution in [0, 0.1) is 20.8 Å². The van der Waals surface area contributed by atoms with Gasteiger partial charge in [0, 0.05) is 18.3 Å². The Kier molecular flexibility index (Phi) is 4.22. The molecule has 0 radical (unpaired) electrons. The van der Waals surface area contributed by atoms with E-state index < -0.39 is 5.69 Å². The van der Waals surface area contributed by atoms with Crippen molar-refractivity contribution in [3.05, 3.63) is 79.9 Å². The van der Waals surface area contributed by atoms with Gasteiger partial charge in [-0.05, 0) is 44.5 Å². The van der Waals surface area contributed by atoms with Crippen molar-refractivity contribution in [2.45, 2.75) is 27.3 Å². The third kappa shape index (κ3) is 2.85. The molecule has 0 atom stereocenters. The smallest absolute Gasteiger partial charge is 0.332 e. The van der Waals surface area contributed by atoms with Gasteiger partial charge in [0.15, 0.2) is 0 Å². The van der Waals surface area contributed by atoms with Gasteiger partial charge in [0.05, 0.1) is 11.9 Å². The quantitative estimate of drug-likeness (QED) is 0.549. The van der Waals surface area contributed by atoms with Crippen molar-refractivity contribution in [1.29, 1.82) is 0 Å². The lowest BCUT2D eigenvalue weighted by atomic mass is 10.1. The SMILES string of the molecule is Cc1cc(C)c2c(=O)n(Cc3nc(-c4ccccc4)oc3C)c(=O)n(C)c2n1. The van der Waals surface area contributed by atoms with Crippen LogP contribution in [0.5, 0.6) is 0 Å². The number of nitrogens with zero attached hydrogens (tertiary/aromatic N) is 4. The van der Waals surface area contributed by atoms with E-state index in [0.29, 0.717) is 28.4 Å². The van der Waals surface area contributed by atoms with Gasteiger partial charge < -0.3 is 4.42 Å². The molecular formula is C21H20N4O3. The van der Waals surface area contributed by atoms with Gasteiger partial charge in [-0.1, -0.05) is 18.2 Å². The molecule has 3 aromatic heterocycles. The molecule has 0 bridgehead atoms. The lowest BCUT2D eigenvalue weighted by Crippen LogP contribution is -2.40. The fourth-order valence-corrected chi connectivity index (χ4v) is 3.39. The Balaban J connectivity index is 1.87. The Bertz CT molecular complexity index is 1310. The highest BCUT2D eigenvalue weighted by molar-refractivity contribution is 5.78. The van der Waals surface area contributed by atoms with E-state index in [1.54, 1.807) is 14.0 Å². The number of fused-ring (bicyclic) bond motifs is 1. The second-order valence-electron chi connectivity index (χ2n) is 6.90. The molecule has 0 amide bonds. The summed E-state index contributed by atoms with van der Waals surface area (Å²) in [6, 6.07) is 11.3. The molecule has 0 aliphatic heterocycles. The zero-order valence-corrected chi connectivity index (χ0v) is 16.2. The maximum atomic E-state index is 13.1. The summed E-state index contributed by atoms with van der Waals surface area (Å²) in [5, 5.41) is 0.442. The molecule has 4 rings (SSSR count). The molecule has 0 N–H and O–H groups in total. The van der Waals surface area contributed by atoms with Crippen molar-refractivity contribution in [2.24, 2.45) is 7.05 Å². The number of benzene rings is 1. The van der Waals surface area contributed by atoms with Crippen LogP contribution in [0.3, 0.4) is 0 Å². The summed E-state index contributed by atoms with van der Waals surface area (Å²) in [5.74, 6) is 1.04. The van der Waals surface area contributed by atoms with Gasteiger partial charge in [-0.2, -0.15) is 0 Å². The summed E-state index contributed by atoms with van der Waals surface area (Å²) >= 11 is 0. The van der Waals surface area contributed by atoms with Crippen LogP contribution in [-0.4, -0.2) is 19.1 Å². The minimum absolute atomic E-state index is 0.0386. The zero-order chi connectivity index (χ0) is 20.0. The summed E-state index contributed by atoms with van der Waals surface area (Å²) in [5.41, 5.74) is 2.54. The average molecular weight is 376 g/mol. The largest absolute Gasteiger partial charge is 0.441 e. The predicted octanol–water partition coefficient (Wildman–Crippen LogP) is 2.72. The van der Waals surface area contributed by atoms with Gasteiger partial charge in [0.25, 0.3) is 5.56 Å². The molecule has 0 saturated carbocycles. The van der Waals surface area contributed by atoms with Crippen LogP contribution < -0.4 is 11.2 Å². The summed E-state index contributed by atoms with van der Waals surface area (Å²) in [6.45, 7) is 5.51. The van der Waals surface area contributed by atoms with Crippen LogP contribution >= 0.6 is 0 Å². The third-order valence-corrected chi connectivity index (χ3v) is 4.84. The number of rotatable bonds is 3. The van der Waals surface area contributed by atoms with Gasteiger partial charge >= 0.3 is 5.69 Å². The first-order chi connectivity index (χ1) is 13.4.